The van der Waals surface area contributed by atoms with Gasteiger partial charge in [0.2, 0.25) is 5.88 Å². The molecule has 1 spiro atoms. The van der Waals surface area contributed by atoms with E-state index in [4.69, 9.17) is 15.2 Å². The Morgan fingerprint density at radius 3 is 2.94 bits per heavy atom. The molecule has 0 bridgehead atoms. The third-order valence-electron chi connectivity index (χ3n) is 6.27. The second-order valence-corrected chi connectivity index (χ2v) is 9.22. The van der Waals surface area contributed by atoms with Crippen LogP contribution in [-0.2, 0) is 4.74 Å². The number of nitrogens with two attached hydrogens (primary N) is 1. The van der Waals surface area contributed by atoms with Gasteiger partial charge >= 0.3 is 6.03 Å². The van der Waals surface area contributed by atoms with E-state index in [2.05, 4.69) is 15.3 Å². The predicted octanol–water partition coefficient (Wildman–Crippen LogP) is 3.98. The largest absolute Gasteiger partial charge is 0.479 e. The van der Waals surface area contributed by atoms with E-state index >= 15 is 0 Å². The highest BCUT2D eigenvalue weighted by molar-refractivity contribution is 7.23. The van der Waals surface area contributed by atoms with Crippen LogP contribution in [0.5, 0.6) is 5.88 Å². The van der Waals surface area contributed by atoms with Crippen LogP contribution in [-0.4, -0.2) is 54.3 Å². The van der Waals surface area contributed by atoms with Crippen molar-refractivity contribution in [3.05, 3.63) is 30.5 Å². The summed E-state index contributed by atoms with van der Waals surface area (Å²) in [6.07, 6.45) is 4.82. The van der Waals surface area contributed by atoms with Crippen LogP contribution in [0.2, 0.25) is 0 Å². The van der Waals surface area contributed by atoms with Gasteiger partial charge in [0.25, 0.3) is 0 Å². The first-order chi connectivity index (χ1) is 15.1. The molecule has 0 saturated carbocycles. The molecule has 0 unspecified atom stereocenters. The number of nitrogen functional groups attached to an aromatic ring is 1. The number of methoxy groups -OCH3 is 1. The maximum atomic E-state index is 13.0. The van der Waals surface area contributed by atoms with Crippen LogP contribution in [0, 0.1) is 5.41 Å². The quantitative estimate of drug-likeness (QED) is 0.599. The van der Waals surface area contributed by atoms with E-state index in [1.54, 1.807) is 13.3 Å². The van der Waals surface area contributed by atoms with Gasteiger partial charge < -0.3 is 20.1 Å². The standard InChI is InChI=1S/C22H25N5O3S/c1-29-19-17-18(16(12-24-19)14-3-2-4-15(23)11-14)31-20(25-17)26-21(28)27-8-5-22(13-27)6-9-30-10-7-22/h2-4,11-12H,5-10,13,23H2,1H3,(H,25,26,28). The van der Waals surface area contributed by atoms with Gasteiger partial charge in [-0.2, -0.15) is 0 Å². The number of amides is 2. The molecule has 2 aromatic heterocycles. The topological polar surface area (TPSA) is 103 Å². The van der Waals surface area contributed by atoms with Gasteiger partial charge in [0.15, 0.2) is 5.13 Å². The van der Waals surface area contributed by atoms with Crippen molar-refractivity contribution in [3.8, 4) is 17.0 Å². The lowest BCUT2D eigenvalue weighted by atomic mass is 9.80. The lowest BCUT2D eigenvalue weighted by molar-refractivity contribution is 0.0211. The molecule has 31 heavy (non-hydrogen) atoms. The first-order valence-electron chi connectivity index (χ1n) is 10.4. The number of carbonyl (C=O) groups excluding carboxylic acids is 1. The van der Waals surface area contributed by atoms with Crippen molar-refractivity contribution in [1.29, 1.82) is 0 Å². The molecule has 2 fully saturated rings. The molecule has 0 atom stereocenters. The van der Waals surface area contributed by atoms with Crippen molar-refractivity contribution in [2.75, 3.05) is 44.5 Å². The van der Waals surface area contributed by atoms with Crippen molar-refractivity contribution in [1.82, 2.24) is 14.9 Å². The Morgan fingerprint density at radius 2 is 2.16 bits per heavy atom. The van der Waals surface area contributed by atoms with Gasteiger partial charge in [0, 0.05) is 43.8 Å². The Kier molecular flexibility index (Phi) is 5.15. The smallest absolute Gasteiger partial charge is 0.323 e. The molecule has 0 radical (unpaired) electrons. The fourth-order valence-corrected chi connectivity index (χ4v) is 5.48. The summed E-state index contributed by atoms with van der Waals surface area (Å²) >= 11 is 1.42. The van der Waals surface area contributed by atoms with Crippen LogP contribution in [0.3, 0.4) is 0 Å². The van der Waals surface area contributed by atoms with Crippen LogP contribution in [0.15, 0.2) is 30.5 Å². The third-order valence-corrected chi connectivity index (χ3v) is 7.27. The molecule has 3 aromatic rings. The minimum Gasteiger partial charge on any atom is -0.479 e. The fourth-order valence-electron chi connectivity index (χ4n) is 4.50. The summed E-state index contributed by atoms with van der Waals surface area (Å²) in [5, 5.41) is 3.52. The zero-order valence-electron chi connectivity index (χ0n) is 17.4. The number of benzene rings is 1. The summed E-state index contributed by atoms with van der Waals surface area (Å²) in [6.45, 7) is 3.10. The highest BCUT2D eigenvalue weighted by Crippen LogP contribution is 2.41. The molecule has 9 heteroatoms. The number of ether oxygens (including phenoxy) is 2. The zero-order valence-corrected chi connectivity index (χ0v) is 18.2. The predicted molar refractivity (Wildman–Crippen MR) is 122 cm³/mol. The van der Waals surface area contributed by atoms with E-state index in [0.29, 0.717) is 22.2 Å². The number of carbonyl (C=O) groups is 1. The van der Waals surface area contributed by atoms with Gasteiger partial charge in [-0.15, -0.1) is 0 Å². The number of aromatic nitrogens is 2. The van der Waals surface area contributed by atoms with Crippen LogP contribution in [0.1, 0.15) is 19.3 Å². The number of fused-ring (bicyclic) bond motifs is 1. The number of hydrogen-bond donors (Lipinski definition) is 2. The lowest BCUT2D eigenvalue weighted by Crippen LogP contribution is -2.37. The van der Waals surface area contributed by atoms with Gasteiger partial charge in [0.1, 0.15) is 5.52 Å². The maximum Gasteiger partial charge on any atom is 0.323 e. The van der Waals surface area contributed by atoms with Crippen LogP contribution in [0.4, 0.5) is 15.6 Å². The van der Waals surface area contributed by atoms with Crippen LogP contribution < -0.4 is 15.8 Å². The molecule has 2 aliphatic rings. The maximum absolute atomic E-state index is 13.0. The summed E-state index contributed by atoms with van der Waals surface area (Å²) in [5.74, 6) is 0.432. The minimum absolute atomic E-state index is 0.111. The van der Waals surface area contributed by atoms with E-state index in [9.17, 15) is 4.79 Å². The first-order valence-corrected chi connectivity index (χ1v) is 11.2. The summed E-state index contributed by atoms with van der Waals surface area (Å²) in [5.41, 5.74) is 9.33. The Bertz CT molecular complexity index is 1130. The molecular weight excluding hydrogens is 414 g/mol. The molecule has 2 saturated heterocycles. The number of pyridine rings is 1. The van der Waals surface area contributed by atoms with Crippen molar-refractivity contribution in [2.45, 2.75) is 19.3 Å². The fraction of sp³-hybridized carbons (Fsp3) is 0.409. The lowest BCUT2D eigenvalue weighted by Gasteiger charge is -2.33. The van der Waals surface area contributed by atoms with Crippen molar-refractivity contribution in [2.24, 2.45) is 5.41 Å². The van der Waals surface area contributed by atoms with Gasteiger partial charge in [-0.05, 0) is 42.4 Å². The molecule has 2 amide bonds. The second kappa shape index (κ2) is 7.97. The number of likely N-dealkylation sites (tertiary alicyclic amines) is 1. The van der Waals surface area contributed by atoms with Gasteiger partial charge in [-0.1, -0.05) is 23.5 Å². The molecule has 0 aliphatic carbocycles. The number of urea groups is 1. The van der Waals surface area contributed by atoms with E-state index in [1.165, 1.54) is 11.3 Å². The molecule has 3 N–H and O–H groups in total. The Hall–Kier alpha value is -2.91. The normalized spacial score (nSPS) is 17.9. The van der Waals surface area contributed by atoms with Crippen LogP contribution in [0.25, 0.3) is 21.3 Å². The zero-order chi connectivity index (χ0) is 21.4. The number of nitrogens with one attached hydrogen (secondary N) is 1. The van der Waals surface area contributed by atoms with Crippen molar-refractivity contribution in [3.63, 3.8) is 0 Å². The number of hydrogen-bond acceptors (Lipinski definition) is 7. The monoisotopic (exact) mass is 439 g/mol. The second-order valence-electron chi connectivity index (χ2n) is 8.22. The van der Waals surface area contributed by atoms with E-state index in [0.717, 1.165) is 61.4 Å². The number of rotatable bonds is 3. The average molecular weight is 440 g/mol. The molecule has 4 heterocycles. The van der Waals surface area contributed by atoms with Gasteiger partial charge in [-0.3, -0.25) is 5.32 Å². The molecule has 1 aromatic carbocycles. The minimum atomic E-state index is -0.111. The number of thiazole rings is 1. The Morgan fingerprint density at radius 1 is 1.32 bits per heavy atom. The summed E-state index contributed by atoms with van der Waals surface area (Å²) in [7, 11) is 1.57. The Labute approximate surface area is 184 Å². The molecule has 2 aliphatic heterocycles. The molecular formula is C22H25N5O3S. The van der Waals surface area contributed by atoms with Crippen molar-refractivity contribution >= 4 is 38.4 Å². The van der Waals surface area contributed by atoms with Gasteiger partial charge in [-0.25, -0.2) is 14.8 Å². The molecule has 8 nitrogen and oxygen atoms in total. The summed E-state index contributed by atoms with van der Waals surface area (Å²) < 4.78 is 11.8. The van der Waals surface area contributed by atoms with Gasteiger partial charge in [0.05, 0.1) is 11.8 Å². The SMILES string of the molecule is COc1ncc(-c2cccc(N)c2)c2sc(NC(=O)N3CCC4(CCOCC4)C3)nc12. The molecule has 162 valence electrons. The Balaban J connectivity index is 1.42. The average Bonchev–Trinajstić information content (AvgIpc) is 3.38. The summed E-state index contributed by atoms with van der Waals surface area (Å²) in [6, 6.07) is 7.52. The third kappa shape index (κ3) is 3.79. The van der Waals surface area contributed by atoms with Crippen LogP contribution >= 0.6 is 11.3 Å². The number of nitrogens with zero attached hydrogens (tertiary/aromatic N) is 3. The molecule has 5 rings (SSSR count). The van der Waals surface area contributed by atoms with Crippen molar-refractivity contribution < 1.29 is 14.3 Å². The summed E-state index contributed by atoms with van der Waals surface area (Å²) in [4.78, 5) is 23.9. The van der Waals surface area contributed by atoms with E-state index in [-0.39, 0.29) is 11.4 Å². The highest BCUT2D eigenvalue weighted by Gasteiger charge is 2.41. The van der Waals surface area contributed by atoms with E-state index in [1.807, 2.05) is 29.2 Å². The number of anilines is 2. The van der Waals surface area contributed by atoms with E-state index < -0.39 is 0 Å². The highest BCUT2D eigenvalue weighted by atomic mass is 32.1. The first kappa shape index (κ1) is 20.0.